The van der Waals surface area contributed by atoms with Gasteiger partial charge in [0, 0.05) is 52.0 Å². The molecule has 0 bridgehead atoms. The lowest BCUT2D eigenvalue weighted by Gasteiger charge is -2.19. The molecule has 4 aromatic rings. The third kappa shape index (κ3) is 2.97. The maximum absolute atomic E-state index is 4.81. The molecule has 5 heteroatoms. The summed E-state index contributed by atoms with van der Waals surface area (Å²) < 4.78 is 0. The van der Waals surface area contributed by atoms with E-state index in [0.29, 0.717) is 6.04 Å². The Morgan fingerprint density at radius 2 is 2.04 bits per heavy atom. The number of aromatic nitrogens is 3. The lowest BCUT2D eigenvalue weighted by molar-refractivity contribution is 0.323. The van der Waals surface area contributed by atoms with Gasteiger partial charge in [-0.25, -0.2) is 4.98 Å². The third-order valence-electron chi connectivity index (χ3n) is 4.65. The second-order valence-electron chi connectivity index (χ2n) is 6.42. The minimum Gasteiger partial charge on any atom is -0.361 e. The Labute approximate surface area is 151 Å². The van der Waals surface area contributed by atoms with Gasteiger partial charge in [-0.2, -0.15) is 0 Å². The zero-order valence-corrected chi connectivity index (χ0v) is 15.3. The smallest absolute Gasteiger partial charge is 0.124 e. The molecule has 4 nitrogen and oxygen atoms in total. The number of aromatic amines is 1. The number of fused-ring (bicyclic) bond motifs is 1. The van der Waals surface area contributed by atoms with Gasteiger partial charge in [0.2, 0.25) is 0 Å². The van der Waals surface area contributed by atoms with Gasteiger partial charge in [0.25, 0.3) is 0 Å². The van der Waals surface area contributed by atoms with Crippen LogP contribution in [0.15, 0.2) is 54.3 Å². The number of pyridine rings is 1. The largest absolute Gasteiger partial charge is 0.361 e. The van der Waals surface area contributed by atoms with Crippen LogP contribution in [0.2, 0.25) is 0 Å². The van der Waals surface area contributed by atoms with Crippen LogP contribution in [-0.4, -0.2) is 33.9 Å². The molecule has 0 saturated carbocycles. The van der Waals surface area contributed by atoms with Crippen LogP contribution in [0.1, 0.15) is 18.5 Å². The molecular formula is C20H20N4S. The molecule has 1 aromatic carbocycles. The van der Waals surface area contributed by atoms with Gasteiger partial charge in [-0.15, -0.1) is 11.3 Å². The van der Waals surface area contributed by atoms with Crippen molar-refractivity contribution in [3.63, 3.8) is 0 Å². The van der Waals surface area contributed by atoms with Gasteiger partial charge in [-0.1, -0.05) is 0 Å². The molecule has 0 aliphatic carbocycles. The second kappa shape index (κ2) is 6.43. The summed E-state index contributed by atoms with van der Waals surface area (Å²) >= 11 is 1.67. The monoisotopic (exact) mass is 348 g/mol. The fourth-order valence-corrected chi connectivity index (χ4v) is 3.78. The van der Waals surface area contributed by atoms with E-state index in [9.17, 15) is 0 Å². The lowest BCUT2D eigenvalue weighted by atomic mass is 10.0. The summed E-state index contributed by atoms with van der Waals surface area (Å²) in [6.07, 6.45) is 5.75. The Morgan fingerprint density at radius 1 is 1.16 bits per heavy atom. The van der Waals surface area contributed by atoms with Crippen molar-refractivity contribution >= 4 is 22.2 Å². The highest BCUT2D eigenvalue weighted by atomic mass is 32.1. The molecule has 0 spiro atoms. The van der Waals surface area contributed by atoms with Gasteiger partial charge in [-0.3, -0.25) is 4.98 Å². The zero-order valence-electron chi connectivity index (χ0n) is 14.5. The maximum atomic E-state index is 4.81. The van der Waals surface area contributed by atoms with Crippen LogP contribution in [0.3, 0.4) is 0 Å². The van der Waals surface area contributed by atoms with Gasteiger partial charge in [0.15, 0.2) is 0 Å². The standard InChI is InChI=1S/C20H20N4S/c1-13(24(2)3)17-11-22-18-7-6-14(9-16(17)18)20-23-19(12-25-20)15-5-4-8-21-10-15/h4-13,22H,1-3H3. The number of hydrogen-bond donors (Lipinski definition) is 1. The minimum atomic E-state index is 0.353. The number of thiazole rings is 1. The molecule has 0 aliphatic rings. The molecule has 0 radical (unpaired) electrons. The minimum absolute atomic E-state index is 0.353. The molecule has 0 saturated heterocycles. The van der Waals surface area contributed by atoms with Gasteiger partial charge in [-0.05, 0) is 56.9 Å². The van der Waals surface area contributed by atoms with Crippen LogP contribution in [0.5, 0.6) is 0 Å². The molecule has 1 atom stereocenters. The molecule has 0 amide bonds. The van der Waals surface area contributed by atoms with Gasteiger partial charge in [0.1, 0.15) is 5.01 Å². The Balaban J connectivity index is 1.75. The van der Waals surface area contributed by atoms with Crippen molar-refractivity contribution in [2.75, 3.05) is 14.1 Å². The highest BCUT2D eigenvalue weighted by molar-refractivity contribution is 7.13. The molecule has 25 heavy (non-hydrogen) atoms. The van der Waals surface area contributed by atoms with Crippen molar-refractivity contribution in [3.05, 3.63) is 59.9 Å². The Bertz CT molecular complexity index is 1000. The maximum Gasteiger partial charge on any atom is 0.124 e. The quantitative estimate of drug-likeness (QED) is 0.566. The number of benzene rings is 1. The zero-order chi connectivity index (χ0) is 17.4. The Morgan fingerprint density at radius 3 is 2.80 bits per heavy atom. The number of nitrogens with zero attached hydrogens (tertiary/aromatic N) is 3. The summed E-state index contributed by atoms with van der Waals surface area (Å²) in [7, 11) is 4.21. The predicted octanol–water partition coefficient (Wildman–Crippen LogP) is 4.98. The van der Waals surface area contributed by atoms with Crippen LogP contribution in [0.25, 0.3) is 32.7 Å². The van der Waals surface area contributed by atoms with E-state index in [4.69, 9.17) is 4.98 Å². The number of H-pyrrole nitrogens is 1. The van der Waals surface area contributed by atoms with E-state index in [0.717, 1.165) is 27.3 Å². The van der Waals surface area contributed by atoms with E-state index >= 15 is 0 Å². The van der Waals surface area contributed by atoms with E-state index in [1.807, 2.05) is 18.3 Å². The van der Waals surface area contributed by atoms with E-state index < -0.39 is 0 Å². The highest BCUT2D eigenvalue weighted by Crippen LogP contribution is 2.33. The Hall–Kier alpha value is -2.50. The molecule has 1 unspecified atom stereocenters. The molecule has 126 valence electrons. The SMILES string of the molecule is CC(c1c[nH]c2ccc(-c3nc(-c4cccnc4)cs3)cc12)N(C)C. The van der Waals surface area contributed by atoms with E-state index in [1.165, 1.54) is 10.9 Å². The first-order valence-electron chi connectivity index (χ1n) is 8.27. The van der Waals surface area contributed by atoms with Crippen molar-refractivity contribution in [3.8, 4) is 21.8 Å². The normalized spacial score (nSPS) is 12.8. The average molecular weight is 348 g/mol. The van der Waals surface area contributed by atoms with E-state index in [1.54, 1.807) is 17.5 Å². The number of hydrogen-bond acceptors (Lipinski definition) is 4. The average Bonchev–Trinajstić information content (AvgIpc) is 3.28. The van der Waals surface area contributed by atoms with Crippen molar-refractivity contribution in [2.45, 2.75) is 13.0 Å². The summed E-state index contributed by atoms with van der Waals surface area (Å²) in [5.41, 5.74) is 5.65. The van der Waals surface area contributed by atoms with Crippen LogP contribution >= 0.6 is 11.3 Å². The fraction of sp³-hybridized carbons (Fsp3) is 0.200. The molecule has 1 N–H and O–H groups in total. The summed E-state index contributed by atoms with van der Waals surface area (Å²) in [5, 5.41) is 4.39. The molecule has 0 aliphatic heterocycles. The summed E-state index contributed by atoms with van der Waals surface area (Å²) in [5.74, 6) is 0. The van der Waals surface area contributed by atoms with Crippen LogP contribution < -0.4 is 0 Å². The van der Waals surface area contributed by atoms with E-state index in [2.05, 4.69) is 65.7 Å². The van der Waals surface area contributed by atoms with Crippen molar-refractivity contribution in [1.29, 1.82) is 0 Å². The summed E-state index contributed by atoms with van der Waals surface area (Å²) in [6, 6.07) is 10.8. The van der Waals surface area contributed by atoms with Crippen LogP contribution in [0.4, 0.5) is 0 Å². The first kappa shape index (κ1) is 16.0. The summed E-state index contributed by atoms with van der Waals surface area (Å²) in [4.78, 5) is 14.6. The van der Waals surface area contributed by atoms with Crippen molar-refractivity contribution < 1.29 is 0 Å². The molecule has 3 aromatic heterocycles. The molecule has 0 fully saturated rings. The molecule has 3 heterocycles. The summed E-state index contributed by atoms with van der Waals surface area (Å²) in [6.45, 7) is 2.22. The number of rotatable bonds is 4. The van der Waals surface area contributed by atoms with Crippen molar-refractivity contribution in [1.82, 2.24) is 19.9 Å². The molecular weight excluding hydrogens is 328 g/mol. The van der Waals surface area contributed by atoms with E-state index in [-0.39, 0.29) is 0 Å². The third-order valence-corrected chi connectivity index (χ3v) is 5.54. The van der Waals surface area contributed by atoms with Crippen molar-refractivity contribution in [2.24, 2.45) is 0 Å². The Kier molecular flexibility index (Phi) is 4.11. The molecule has 4 rings (SSSR count). The first-order chi connectivity index (χ1) is 12.1. The first-order valence-corrected chi connectivity index (χ1v) is 9.15. The van der Waals surface area contributed by atoms with Crippen LogP contribution in [-0.2, 0) is 0 Å². The predicted molar refractivity (Wildman–Crippen MR) is 105 cm³/mol. The fourth-order valence-electron chi connectivity index (χ4n) is 2.95. The highest BCUT2D eigenvalue weighted by Gasteiger charge is 2.15. The van der Waals surface area contributed by atoms with Gasteiger partial charge < -0.3 is 9.88 Å². The second-order valence-corrected chi connectivity index (χ2v) is 7.28. The topological polar surface area (TPSA) is 44.8 Å². The van der Waals surface area contributed by atoms with Gasteiger partial charge in [0.05, 0.1) is 5.69 Å². The number of nitrogens with one attached hydrogen (secondary N) is 1. The van der Waals surface area contributed by atoms with Crippen LogP contribution in [0, 0.1) is 0 Å². The lowest BCUT2D eigenvalue weighted by Crippen LogP contribution is -2.16. The van der Waals surface area contributed by atoms with Gasteiger partial charge >= 0.3 is 0 Å².